The number of carbonyl (C=O) groups is 1. The monoisotopic (exact) mass is 309 g/mol. The maximum absolute atomic E-state index is 12.3. The van der Waals surface area contributed by atoms with E-state index in [1.807, 2.05) is 36.9 Å². The molecule has 0 saturated carbocycles. The van der Waals surface area contributed by atoms with Crippen molar-refractivity contribution in [1.82, 2.24) is 4.90 Å². The Bertz CT molecular complexity index is 514. The van der Waals surface area contributed by atoms with Crippen LogP contribution in [0.15, 0.2) is 18.2 Å². The molecule has 1 aromatic carbocycles. The molecule has 1 fully saturated rings. The second-order valence-corrected chi connectivity index (χ2v) is 6.72. The highest BCUT2D eigenvalue weighted by atomic mass is 35.5. The molecule has 1 aliphatic heterocycles. The lowest BCUT2D eigenvalue weighted by atomic mass is 9.98. The third-order valence-electron chi connectivity index (χ3n) is 4.28. The summed E-state index contributed by atoms with van der Waals surface area (Å²) in [6.45, 7) is 5.24. The van der Waals surface area contributed by atoms with Gasteiger partial charge in [-0.25, -0.2) is 0 Å². The Morgan fingerprint density at radius 3 is 2.86 bits per heavy atom. The van der Waals surface area contributed by atoms with E-state index in [2.05, 4.69) is 0 Å². The lowest BCUT2D eigenvalue weighted by molar-refractivity contribution is -0.131. The van der Waals surface area contributed by atoms with Gasteiger partial charge in [0.05, 0.1) is 5.60 Å². The number of benzene rings is 1. The number of amides is 1. The SMILES string of the molecule is Cc1ccc(CCC(=O)N2CCCC(C)(O)CC2)cc1Cl. The highest BCUT2D eigenvalue weighted by Gasteiger charge is 2.26. The third kappa shape index (κ3) is 4.72. The molecule has 0 aromatic heterocycles. The average molecular weight is 310 g/mol. The van der Waals surface area contributed by atoms with Crippen LogP contribution in [0.4, 0.5) is 0 Å². The van der Waals surface area contributed by atoms with Gasteiger partial charge in [0.15, 0.2) is 0 Å². The topological polar surface area (TPSA) is 40.5 Å². The molecule has 0 radical (unpaired) electrons. The van der Waals surface area contributed by atoms with Crippen molar-refractivity contribution in [3.63, 3.8) is 0 Å². The molecular formula is C17H24ClNO2. The van der Waals surface area contributed by atoms with Gasteiger partial charge in [-0.15, -0.1) is 0 Å². The largest absolute Gasteiger partial charge is 0.390 e. The van der Waals surface area contributed by atoms with Crippen LogP contribution in [0.2, 0.25) is 5.02 Å². The van der Waals surface area contributed by atoms with Gasteiger partial charge < -0.3 is 10.0 Å². The maximum Gasteiger partial charge on any atom is 0.222 e. The second-order valence-electron chi connectivity index (χ2n) is 6.31. The predicted molar refractivity (Wildman–Crippen MR) is 85.6 cm³/mol. The first-order valence-electron chi connectivity index (χ1n) is 7.63. The molecule has 0 aliphatic carbocycles. The van der Waals surface area contributed by atoms with Gasteiger partial charge in [0.2, 0.25) is 5.91 Å². The number of halogens is 1. The third-order valence-corrected chi connectivity index (χ3v) is 4.69. The molecule has 1 aliphatic rings. The molecule has 116 valence electrons. The van der Waals surface area contributed by atoms with Crippen LogP contribution >= 0.6 is 11.6 Å². The molecule has 3 nitrogen and oxygen atoms in total. The van der Waals surface area contributed by atoms with Crippen molar-refractivity contribution in [3.05, 3.63) is 34.3 Å². The minimum atomic E-state index is -0.625. The van der Waals surface area contributed by atoms with Gasteiger partial charge in [0.25, 0.3) is 0 Å². The van der Waals surface area contributed by atoms with Crippen molar-refractivity contribution in [2.75, 3.05) is 13.1 Å². The Morgan fingerprint density at radius 1 is 1.38 bits per heavy atom. The summed E-state index contributed by atoms with van der Waals surface area (Å²) in [4.78, 5) is 14.2. The number of aliphatic hydroxyl groups is 1. The minimum absolute atomic E-state index is 0.171. The first-order chi connectivity index (χ1) is 9.87. The fourth-order valence-corrected chi connectivity index (χ4v) is 2.92. The van der Waals surface area contributed by atoms with Crippen molar-refractivity contribution in [3.8, 4) is 0 Å². The van der Waals surface area contributed by atoms with Crippen molar-refractivity contribution in [2.45, 2.75) is 51.6 Å². The van der Waals surface area contributed by atoms with E-state index in [0.29, 0.717) is 25.8 Å². The molecule has 1 aromatic rings. The van der Waals surface area contributed by atoms with Crippen LogP contribution in [0.5, 0.6) is 0 Å². The van der Waals surface area contributed by atoms with Gasteiger partial charge in [0.1, 0.15) is 0 Å². The van der Waals surface area contributed by atoms with E-state index in [1.165, 1.54) is 0 Å². The molecule has 1 N–H and O–H groups in total. The molecule has 1 saturated heterocycles. The van der Waals surface area contributed by atoms with Crippen molar-refractivity contribution >= 4 is 17.5 Å². The predicted octanol–water partition coefficient (Wildman–Crippen LogP) is 3.34. The molecule has 1 unspecified atom stereocenters. The van der Waals surface area contributed by atoms with Crippen LogP contribution in [-0.2, 0) is 11.2 Å². The van der Waals surface area contributed by atoms with Crippen molar-refractivity contribution in [2.24, 2.45) is 0 Å². The summed E-state index contributed by atoms with van der Waals surface area (Å²) in [5, 5.41) is 10.8. The smallest absolute Gasteiger partial charge is 0.222 e. The maximum atomic E-state index is 12.3. The minimum Gasteiger partial charge on any atom is -0.390 e. The number of likely N-dealkylation sites (tertiary alicyclic amines) is 1. The summed E-state index contributed by atoms with van der Waals surface area (Å²) < 4.78 is 0. The standard InChI is InChI=1S/C17H24ClNO2/c1-13-4-5-14(12-15(13)18)6-7-16(20)19-10-3-8-17(2,21)9-11-19/h4-5,12,21H,3,6-11H2,1-2H3. The van der Waals surface area contributed by atoms with Crippen LogP contribution < -0.4 is 0 Å². The van der Waals surface area contributed by atoms with E-state index in [4.69, 9.17) is 11.6 Å². The van der Waals surface area contributed by atoms with Gasteiger partial charge in [0, 0.05) is 24.5 Å². The summed E-state index contributed by atoms with van der Waals surface area (Å²) >= 11 is 6.11. The molecule has 1 atom stereocenters. The molecule has 21 heavy (non-hydrogen) atoms. The number of carbonyl (C=O) groups excluding carboxylic acids is 1. The zero-order valence-corrected chi connectivity index (χ0v) is 13.6. The summed E-state index contributed by atoms with van der Waals surface area (Å²) in [6.07, 6.45) is 3.52. The Labute approximate surface area is 131 Å². The van der Waals surface area contributed by atoms with Gasteiger partial charge in [-0.1, -0.05) is 23.7 Å². The Balaban J connectivity index is 1.88. The molecular weight excluding hydrogens is 286 g/mol. The molecule has 4 heteroatoms. The van der Waals surface area contributed by atoms with Gasteiger partial charge in [-0.05, 0) is 56.7 Å². The number of nitrogens with zero attached hydrogens (tertiary/aromatic N) is 1. The van der Waals surface area contributed by atoms with Gasteiger partial charge >= 0.3 is 0 Å². The zero-order valence-electron chi connectivity index (χ0n) is 12.9. The van der Waals surface area contributed by atoms with Crippen LogP contribution in [0.25, 0.3) is 0 Å². The molecule has 0 bridgehead atoms. The Hall–Kier alpha value is -1.06. The van der Waals surface area contributed by atoms with Crippen molar-refractivity contribution in [1.29, 1.82) is 0 Å². The van der Waals surface area contributed by atoms with Crippen LogP contribution in [0.3, 0.4) is 0 Å². The molecule has 1 amide bonds. The van der Waals surface area contributed by atoms with Crippen LogP contribution in [-0.4, -0.2) is 34.6 Å². The normalized spacial score (nSPS) is 23.0. The van der Waals surface area contributed by atoms with E-state index < -0.39 is 5.60 Å². The number of aryl methyl sites for hydroxylation is 2. The highest BCUT2D eigenvalue weighted by molar-refractivity contribution is 6.31. The number of hydrogen-bond acceptors (Lipinski definition) is 2. The molecule has 2 rings (SSSR count). The average Bonchev–Trinajstić information content (AvgIpc) is 2.61. The Kier molecular flexibility index (Phi) is 5.28. The number of hydrogen-bond donors (Lipinski definition) is 1. The van der Waals surface area contributed by atoms with Crippen molar-refractivity contribution < 1.29 is 9.90 Å². The number of rotatable bonds is 3. The van der Waals surface area contributed by atoms with Crippen LogP contribution in [0, 0.1) is 6.92 Å². The fourth-order valence-electron chi connectivity index (χ4n) is 2.71. The highest BCUT2D eigenvalue weighted by Crippen LogP contribution is 2.22. The first-order valence-corrected chi connectivity index (χ1v) is 8.00. The van der Waals surface area contributed by atoms with Gasteiger partial charge in [-0.2, -0.15) is 0 Å². The Morgan fingerprint density at radius 2 is 2.14 bits per heavy atom. The summed E-state index contributed by atoms with van der Waals surface area (Å²) in [5.74, 6) is 0.171. The van der Waals surface area contributed by atoms with E-state index in [-0.39, 0.29) is 5.91 Å². The molecule has 1 heterocycles. The first kappa shape index (κ1) is 16.3. The summed E-state index contributed by atoms with van der Waals surface area (Å²) in [6, 6.07) is 5.96. The van der Waals surface area contributed by atoms with E-state index >= 15 is 0 Å². The summed E-state index contributed by atoms with van der Waals surface area (Å²) in [5.41, 5.74) is 1.53. The quantitative estimate of drug-likeness (QED) is 0.930. The zero-order chi connectivity index (χ0) is 15.5. The lowest BCUT2D eigenvalue weighted by Gasteiger charge is -2.22. The lowest BCUT2D eigenvalue weighted by Crippen LogP contribution is -2.33. The van der Waals surface area contributed by atoms with Gasteiger partial charge in [-0.3, -0.25) is 4.79 Å². The molecule has 0 spiro atoms. The van der Waals surface area contributed by atoms with Crippen LogP contribution in [0.1, 0.15) is 43.7 Å². The fraction of sp³-hybridized carbons (Fsp3) is 0.588. The van der Waals surface area contributed by atoms with E-state index in [1.54, 1.807) is 0 Å². The summed E-state index contributed by atoms with van der Waals surface area (Å²) in [7, 11) is 0. The second kappa shape index (κ2) is 6.80. The van der Waals surface area contributed by atoms with E-state index in [0.717, 1.165) is 35.5 Å². The van der Waals surface area contributed by atoms with E-state index in [9.17, 15) is 9.90 Å².